The number of para-hydroxylation sites is 1. The van der Waals surface area contributed by atoms with Crippen molar-refractivity contribution in [2.45, 2.75) is 66.8 Å². The fourth-order valence-corrected chi connectivity index (χ4v) is 5.58. The van der Waals surface area contributed by atoms with Crippen molar-refractivity contribution in [1.82, 2.24) is 9.78 Å². The van der Waals surface area contributed by atoms with Gasteiger partial charge < -0.3 is 20.7 Å². The molecule has 0 fully saturated rings. The highest BCUT2D eigenvalue weighted by atomic mass is 16.5. The Morgan fingerprint density at radius 2 is 1.79 bits per heavy atom. The Labute approximate surface area is 249 Å². The summed E-state index contributed by atoms with van der Waals surface area (Å²) in [6.45, 7) is 17.6. The number of hydrogen-bond donors (Lipinski definition) is 2. The fraction of sp³-hybridized carbons (Fsp3) is 0.371. The first-order valence-electron chi connectivity index (χ1n) is 14.8. The van der Waals surface area contributed by atoms with Crippen LogP contribution in [0.1, 0.15) is 62.6 Å². The van der Waals surface area contributed by atoms with Crippen LogP contribution in [0.2, 0.25) is 0 Å². The van der Waals surface area contributed by atoms with Crippen LogP contribution >= 0.6 is 0 Å². The lowest BCUT2D eigenvalue weighted by atomic mass is 9.86. The third-order valence-corrected chi connectivity index (χ3v) is 7.86. The molecule has 7 heteroatoms. The number of nitrogens with two attached hydrogens (primary N) is 1. The Hall–Kier alpha value is -4.26. The highest BCUT2D eigenvalue weighted by Crippen LogP contribution is 2.39. The number of aryl methyl sites for hydroxylation is 2. The summed E-state index contributed by atoms with van der Waals surface area (Å²) in [6.07, 6.45) is 0.837. The monoisotopic (exact) mass is 565 g/mol. The van der Waals surface area contributed by atoms with Crippen LogP contribution in [0.15, 0.2) is 60.7 Å². The lowest BCUT2D eigenvalue weighted by Gasteiger charge is -2.32. The van der Waals surface area contributed by atoms with E-state index in [2.05, 4.69) is 87.6 Å². The summed E-state index contributed by atoms with van der Waals surface area (Å²) in [6, 6.07) is 20.3. The van der Waals surface area contributed by atoms with Crippen molar-refractivity contribution < 1.29 is 9.53 Å². The van der Waals surface area contributed by atoms with E-state index in [1.165, 1.54) is 22.4 Å². The van der Waals surface area contributed by atoms with E-state index in [4.69, 9.17) is 15.6 Å². The number of anilines is 2. The minimum absolute atomic E-state index is 0.0668. The van der Waals surface area contributed by atoms with Gasteiger partial charge in [0.15, 0.2) is 0 Å². The second-order valence-corrected chi connectivity index (χ2v) is 12.8. The van der Waals surface area contributed by atoms with Crippen molar-refractivity contribution in [2.75, 3.05) is 23.4 Å². The van der Waals surface area contributed by atoms with E-state index in [0.29, 0.717) is 18.2 Å². The molecule has 0 unspecified atom stereocenters. The molecule has 1 aliphatic heterocycles. The van der Waals surface area contributed by atoms with E-state index in [9.17, 15) is 4.79 Å². The van der Waals surface area contributed by atoms with E-state index in [1.54, 1.807) is 0 Å². The average molecular weight is 566 g/mol. The van der Waals surface area contributed by atoms with E-state index >= 15 is 0 Å². The van der Waals surface area contributed by atoms with Crippen LogP contribution in [-0.2, 0) is 18.4 Å². The van der Waals surface area contributed by atoms with Gasteiger partial charge in [-0.3, -0.25) is 0 Å². The van der Waals surface area contributed by atoms with Crippen LogP contribution in [0.5, 0.6) is 5.75 Å². The molecule has 0 saturated carbocycles. The zero-order valence-electron chi connectivity index (χ0n) is 25.9. The number of ether oxygens (including phenoxy) is 1. The van der Waals surface area contributed by atoms with Crippen molar-refractivity contribution in [1.29, 1.82) is 0 Å². The highest BCUT2D eigenvalue weighted by molar-refractivity contribution is 5.88. The maximum Gasteiger partial charge on any atom is 0.316 e. The third-order valence-electron chi connectivity index (χ3n) is 7.86. The summed E-state index contributed by atoms with van der Waals surface area (Å²) >= 11 is 0. The predicted molar refractivity (Wildman–Crippen MR) is 172 cm³/mol. The molecule has 0 saturated heterocycles. The molecule has 0 radical (unpaired) electrons. The average Bonchev–Trinajstić information content (AvgIpc) is 3.29. The van der Waals surface area contributed by atoms with Gasteiger partial charge in [0.05, 0.1) is 18.0 Å². The molecule has 3 N–H and O–H groups in total. The van der Waals surface area contributed by atoms with Gasteiger partial charge in [-0.15, -0.1) is 0 Å². The van der Waals surface area contributed by atoms with E-state index < -0.39 is 6.03 Å². The zero-order chi connectivity index (χ0) is 30.2. The van der Waals surface area contributed by atoms with Crippen molar-refractivity contribution in [2.24, 2.45) is 11.7 Å². The zero-order valence-corrected chi connectivity index (χ0v) is 25.9. The Bertz CT molecular complexity index is 1600. The Morgan fingerprint density at radius 3 is 2.45 bits per heavy atom. The standard InChI is InChI=1S/C35H43N5O2/c1-22(2)21-42-31-10-8-9-24(4)32(31)40-33(25-12-15-27(16-13-25)37-34(36)41)28-20-39(18-17-29(28)38-40)30-19-26(35(5,6)7)14-11-23(30)3/h8-16,19,22H,17-18,20-21H2,1-7H3,(H3,36,37,41). The smallest absolute Gasteiger partial charge is 0.316 e. The summed E-state index contributed by atoms with van der Waals surface area (Å²) in [7, 11) is 0. The van der Waals surface area contributed by atoms with Crippen LogP contribution < -0.4 is 20.7 Å². The second-order valence-electron chi connectivity index (χ2n) is 12.8. The molecule has 7 nitrogen and oxygen atoms in total. The SMILES string of the molecule is Cc1ccc(C(C)(C)C)cc1N1CCc2nn(-c3c(C)cccc3OCC(C)C)c(-c3ccc(NC(N)=O)cc3)c2C1. The van der Waals surface area contributed by atoms with Gasteiger partial charge in [0.1, 0.15) is 11.4 Å². The number of hydrogen-bond acceptors (Lipinski definition) is 4. The molecule has 220 valence electrons. The Morgan fingerprint density at radius 1 is 1.05 bits per heavy atom. The van der Waals surface area contributed by atoms with Crippen LogP contribution in [0, 0.1) is 19.8 Å². The number of urea groups is 1. The number of carbonyl (C=O) groups excluding carboxylic acids is 1. The molecule has 0 atom stereocenters. The van der Waals surface area contributed by atoms with Gasteiger partial charge >= 0.3 is 6.03 Å². The minimum atomic E-state index is -0.583. The van der Waals surface area contributed by atoms with Crippen molar-refractivity contribution in [3.05, 3.63) is 88.6 Å². The van der Waals surface area contributed by atoms with Gasteiger partial charge in [0, 0.05) is 42.0 Å². The topological polar surface area (TPSA) is 85.4 Å². The van der Waals surface area contributed by atoms with Crippen LogP contribution in [0.4, 0.5) is 16.2 Å². The molecule has 0 spiro atoms. The number of carbonyl (C=O) groups is 1. The lowest BCUT2D eigenvalue weighted by Crippen LogP contribution is -2.31. The van der Waals surface area contributed by atoms with Crippen molar-refractivity contribution in [3.8, 4) is 22.7 Å². The van der Waals surface area contributed by atoms with Crippen LogP contribution in [0.3, 0.4) is 0 Å². The molecular formula is C35H43N5O2. The number of primary amides is 1. The molecule has 5 rings (SSSR count). The Balaban J connectivity index is 1.65. The quantitative estimate of drug-likeness (QED) is 0.242. The molecule has 2 heterocycles. The number of benzene rings is 3. The van der Waals surface area contributed by atoms with Crippen LogP contribution in [0.25, 0.3) is 16.9 Å². The number of aromatic nitrogens is 2. The molecule has 42 heavy (non-hydrogen) atoms. The second kappa shape index (κ2) is 11.6. The number of nitrogens with one attached hydrogen (secondary N) is 1. The van der Waals surface area contributed by atoms with Gasteiger partial charge in [-0.05, 0) is 66.1 Å². The Kier molecular flexibility index (Phi) is 8.04. The van der Waals surface area contributed by atoms with E-state index in [1.807, 2.05) is 36.4 Å². The number of rotatable bonds is 7. The summed E-state index contributed by atoms with van der Waals surface area (Å²) in [5.41, 5.74) is 16.4. The van der Waals surface area contributed by atoms with Gasteiger partial charge in [-0.25, -0.2) is 9.48 Å². The molecular weight excluding hydrogens is 522 g/mol. The van der Waals surface area contributed by atoms with Gasteiger partial charge in [-0.1, -0.05) is 71.0 Å². The summed E-state index contributed by atoms with van der Waals surface area (Å²) < 4.78 is 8.42. The fourth-order valence-electron chi connectivity index (χ4n) is 5.58. The largest absolute Gasteiger partial charge is 0.491 e. The van der Waals surface area contributed by atoms with Gasteiger partial charge in [0.25, 0.3) is 0 Å². The van der Waals surface area contributed by atoms with Gasteiger partial charge in [-0.2, -0.15) is 5.10 Å². The van der Waals surface area contributed by atoms with Crippen molar-refractivity contribution in [3.63, 3.8) is 0 Å². The molecule has 1 aromatic heterocycles. The van der Waals surface area contributed by atoms with E-state index in [-0.39, 0.29) is 5.41 Å². The summed E-state index contributed by atoms with van der Waals surface area (Å²) in [4.78, 5) is 13.9. The normalized spacial score (nSPS) is 13.3. The first kappa shape index (κ1) is 29.2. The molecule has 3 aromatic carbocycles. The lowest BCUT2D eigenvalue weighted by molar-refractivity contribution is 0.259. The van der Waals surface area contributed by atoms with E-state index in [0.717, 1.165) is 53.5 Å². The predicted octanol–water partition coefficient (Wildman–Crippen LogP) is 7.54. The molecule has 0 aliphatic carbocycles. The minimum Gasteiger partial charge on any atom is -0.491 e. The molecule has 4 aromatic rings. The van der Waals surface area contributed by atoms with Crippen molar-refractivity contribution >= 4 is 17.4 Å². The molecule has 2 amide bonds. The third kappa shape index (κ3) is 6.01. The first-order valence-corrected chi connectivity index (χ1v) is 14.8. The number of fused-ring (bicyclic) bond motifs is 1. The highest BCUT2D eigenvalue weighted by Gasteiger charge is 2.29. The van der Waals surface area contributed by atoms with Gasteiger partial charge in [0.2, 0.25) is 0 Å². The molecule has 1 aliphatic rings. The summed E-state index contributed by atoms with van der Waals surface area (Å²) in [5.74, 6) is 1.22. The first-order chi connectivity index (χ1) is 19.9. The number of nitrogens with zero attached hydrogens (tertiary/aromatic N) is 3. The van der Waals surface area contributed by atoms with Crippen LogP contribution in [-0.4, -0.2) is 29.0 Å². The maximum absolute atomic E-state index is 11.5. The maximum atomic E-state index is 11.5. The summed E-state index contributed by atoms with van der Waals surface area (Å²) in [5, 5.41) is 7.92. The molecule has 0 bridgehead atoms. The number of amides is 2.